The number of para-hydroxylation sites is 1. The van der Waals surface area contributed by atoms with Crippen molar-refractivity contribution in [3.05, 3.63) is 34.9 Å². The third-order valence-electron chi connectivity index (χ3n) is 4.13. The molecule has 2 aliphatic rings. The van der Waals surface area contributed by atoms with E-state index in [2.05, 4.69) is 10.3 Å². The predicted molar refractivity (Wildman–Crippen MR) is 95.7 cm³/mol. The number of nitrogen functional groups attached to an aromatic ring is 1. The Morgan fingerprint density at radius 2 is 2.15 bits per heavy atom. The summed E-state index contributed by atoms with van der Waals surface area (Å²) in [4.78, 5) is 16.2. The van der Waals surface area contributed by atoms with E-state index in [0.29, 0.717) is 22.9 Å². The van der Waals surface area contributed by atoms with E-state index in [1.54, 1.807) is 18.2 Å². The molecular weight excluding hydrogens is 340 g/mol. The number of fused-ring (bicyclic) bond motifs is 2. The first kappa shape index (κ1) is 18.2. The van der Waals surface area contributed by atoms with Crippen LogP contribution in [0.25, 0.3) is 0 Å². The van der Waals surface area contributed by atoms with Crippen molar-refractivity contribution in [2.75, 3.05) is 17.7 Å². The van der Waals surface area contributed by atoms with E-state index < -0.39 is 24.1 Å². The summed E-state index contributed by atoms with van der Waals surface area (Å²) >= 11 is 0. The Hall–Kier alpha value is -2.62. The summed E-state index contributed by atoms with van der Waals surface area (Å²) in [7, 11) is 0. The highest BCUT2D eigenvalue weighted by molar-refractivity contribution is 5.82. The molecule has 0 radical (unpaired) electrons. The Kier molecular flexibility index (Phi) is 5.12. The number of benzene rings is 1. The Morgan fingerprint density at radius 3 is 2.85 bits per heavy atom. The summed E-state index contributed by atoms with van der Waals surface area (Å²) in [6.45, 7) is 3.68. The van der Waals surface area contributed by atoms with Crippen LogP contribution in [-0.4, -0.2) is 38.6 Å². The SMILES string of the molecule is CC.Nc1cccc2c1Nc1nc(=O)n(C3CC(O)C(CO)O3)cc1O2. The standard InChI is InChI=1S/C15H16N4O5.C2H6/c16-7-2-1-3-9-13(7)17-14-10(23-9)5-19(15(22)18-14)12-4-8(21)11(6-20)24-12;1-2/h1-3,5,8,11-12,20-21H,4,6,16H2,(H,17,18,22);1-2H3. The first-order valence-corrected chi connectivity index (χ1v) is 8.47. The van der Waals surface area contributed by atoms with Crippen LogP contribution in [0, 0.1) is 0 Å². The third kappa shape index (κ3) is 3.12. The maximum absolute atomic E-state index is 12.3. The third-order valence-corrected chi connectivity index (χ3v) is 4.13. The average Bonchev–Trinajstić information content (AvgIpc) is 3.02. The summed E-state index contributed by atoms with van der Waals surface area (Å²) in [6.07, 6.45) is -0.628. The fourth-order valence-electron chi connectivity index (χ4n) is 2.88. The van der Waals surface area contributed by atoms with Crippen LogP contribution in [0.15, 0.2) is 29.2 Å². The summed E-state index contributed by atoms with van der Waals surface area (Å²) in [5, 5.41) is 22.0. The van der Waals surface area contributed by atoms with E-state index in [9.17, 15) is 9.90 Å². The van der Waals surface area contributed by atoms with Crippen LogP contribution in [0.1, 0.15) is 26.5 Å². The van der Waals surface area contributed by atoms with Gasteiger partial charge in [0.1, 0.15) is 18.0 Å². The van der Waals surface area contributed by atoms with Crippen LogP contribution in [0.5, 0.6) is 11.5 Å². The van der Waals surface area contributed by atoms with Crippen molar-refractivity contribution in [2.45, 2.75) is 38.7 Å². The molecule has 3 atom stereocenters. The van der Waals surface area contributed by atoms with Crippen molar-refractivity contribution in [2.24, 2.45) is 0 Å². The minimum Gasteiger partial charge on any atom is -0.450 e. The number of hydrogen-bond acceptors (Lipinski definition) is 8. The molecule has 2 aromatic rings. The van der Waals surface area contributed by atoms with Gasteiger partial charge in [-0.15, -0.1) is 0 Å². The molecule has 2 aliphatic heterocycles. The lowest BCUT2D eigenvalue weighted by Crippen LogP contribution is -2.29. The van der Waals surface area contributed by atoms with Crippen LogP contribution < -0.4 is 21.5 Å². The highest BCUT2D eigenvalue weighted by atomic mass is 16.5. The molecule has 140 valence electrons. The van der Waals surface area contributed by atoms with Crippen LogP contribution >= 0.6 is 0 Å². The first-order chi connectivity index (χ1) is 12.6. The Labute approximate surface area is 150 Å². The zero-order chi connectivity index (χ0) is 18.8. The molecule has 1 fully saturated rings. The number of aliphatic hydroxyl groups excluding tert-OH is 2. The molecule has 1 aromatic carbocycles. The second-order valence-electron chi connectivity index (χ2n) is 5.71. The Morgan fingerprint density at radius 1 is 1.38 bits per heavy atom. The maximum Gasteiger partial charge on any atom is 0.351 e. The smallest absolute Gasteiger partial charge is 0.351 e. The lowest BCUT2D eigenvalue weighted by molar-refractivity contribution is -0.0459. The number of nitrogens with two attached hydrogens (primary N) is 1. The quantitative estimate of drug-likeness (QED) is 0.502. The number of anilines is 3. The predicted octanol–water partition coefficient (Wildman–Crippen LogP) is 1.34. The lowest BCUT2D eigenvalue weighted by atomic mass is 10.2. The van der Waals surface area contributed by atoms with Crippen LogP contribution in [-0.2, 0) is 4.74 Å². The van der Waals surface area contributed by atoms with Crippen LogP contribution in [0.3, 0.4) is 0 Å². The van der Waals surface area contributed by atoms with Crippen molar-refractivity contribution in [1.29, 1.82) is 0 Å². The van der Waals surface area contributed by atoms with Crippen LogP contribution in [0.4, 0.5) is 17.2 Å². The second-order valence-corrected chi connectivity index (χ2v) is 5.71. The van der Waals surface area contributed by atoms with Crippen LogP contribution in [0.2, 0.25) is 0 Å². The fourth-order valence-corrected chi connectivity index (χ4v) is 2.88. The van der Waals surface area contributed by atoms with Gasteiger partial charge in [0.15, 0.2) is 17.3 Å². The van der Waals surface area contributed by atoms with E-state index in [1.165, 1.54) is 10.8 Å². The zero-order valence-electron chi connectivity index (χ0n) is 14.5. The molecule has 0 saturated carbocycles. The van der Waals surface area contributed by atoms with Gasteiger partial charge in [0, 0.05) is 6.42 Å². The van der Waals surface area contributed by atoms with E-state index in [4.69, 9.17) is 20.3 Å². The van der Waals surface area contributed by atoms with Crippen molar-refractivity contribution >= 4 is 17.2 Å². The van der Waals surface area contributed by atoms with Gasteiger partial charge in [-0.2, -0.15) is 4.98 Å². The van der Waals surface area contributed by atoms with Crippen molar-refractivity contribution in [3.63, 3.8) is 0 Å². The molecule has 0 spiro atoms. The van der Waals surface area contributed by atoms with Gasteiger partial charge in [-0.1, -0.05) is 19.9 Å². The second kappa shape index (κ2) is 7.32. The summed E-state index contributed by atoms with van der Waals surface area (Å²) in [5.74, 6) is 1.13. The largest absolute Gasteiger partial charge is 0.450 e. The topological polar surface area (TPSA) is 132 Å². The minimum atomic E-state index is -0.845. The monoisotopic (exact) mass is 362 g/mol. The molecule has 0 amide bonds. The van der Waals surface area contributed by atoms with Gasteiger partial charge in [-0.05, 0) is 12.1 Å². The van der Waals surface area contributed by atoms with E-state index in [0.717, 1.165) is 0 Å². The van der Waals surface area contributed by atoms with E-state index >= 15 is 0 Å². The van der Waals surface area contributed by atoms with Crippen molar-refractivity contribution in [1.82, 2.24) is 9.55 Å². The van der Waals surface area contributed by atoms with E-state index in [1.807, 2.05) is 13.8 Å². The normalized spacial score (nSPS) is 23.0. The Balaban J connectivity index is 0.000000948. The van der Waals surface area contributed by atoms with Crippen molar-refractivity contribution < 1.29 is 19.7 Å². The highest BCUT2D eigenvalue weighted by Crippen LogP contribution is 2.43. The average molecular weight is 362 g/mol. The number of nitrogens with one attached hydrogen (secondary N) is 1. The minimum absolute atomic E-state index is 0.183. The summed E-state index contributed by atoms with van der Waals surface area (Å²) < 4.78 is 12.5. The Bertz CT molecular complexity index is 854. The highest BCUT2D eigenvalue weighted by Gasteiger charge is 2.35. The van der Waals surface area contributed by atoms with Gasteiger partial charge >= 0.3 is 5.69 Å². The maximum atomic E-state index is 12.3. The zero-order valence-corrected chi connectivity index (χ0v) is 14.5. The summed E-state index contributed by atoms with van der Waals surface area (Å²) in [5.41, 5.74) is 6.37. The molecule has 3 heterocycles. The molecular formula is C17H22N4O5. The molecule has 4 rings (SSSR count). The summed E-state index contributed by atoms with van der Waals surface area (Å²) in [6, 6.07) is 5.21. The van der Waals surface area contributed by atoms with Gasteiger partial charge in [-0.3, -0.25) is 4.57 Å². The number of hydrogen-bond donors (Lipinski definition) is 4. The van der Waals surface area contributed by atoms with Gasteiger partial charge < -0.3 is 30.7 Å². The number of aliphatic hydroxyl groups is 2. The van der Waals surface area contributed by atoms with Gasteiger partial charge in [-0.25, -0.2) is 4.79 Å². The molecule has 0 aliphatic carbocycles. The van der Waals surface area contributed by atoms with Crippen molar-refractivity contribution in [3.8, 4) is 11.5 Å². The molecule has 1 saturated heterocycles. The number of rotatable bonds is 2. The fraction of sp³-hybridized carbons (Fsp3) is 0.412. The molecule has 26 heavy (non-hydrogen) atoms. The number of nitrogens with zero attached hydrogens (tertiary/aromatic N) is 2. The molecule has 1 aromatic heterocycles. The first-order valence-electron chi connectivity index (χ1n) is 8.47. The lowest BCUT2D eigenvalue weighted by Gasteiger charge is -2.23. The molecule has 3 unspecified atom stereocenters. The number of aromatic nitrogens is 2. The van der Waals surface area contributed by atoms with E-state index in [-0.39, 0.29) is 18.8 Å². The molecule has 5 N–H and O–H groups in total. The molecule has 0 bridgehead atoms. The van der Waals surface area contributed by atoms with Gasteiger partial charge in [0.2, 0.25) is 0 Å². The van der Waals surface area contributed by atoms with Gasteiger partial charge in [0.25, 0.3) is 0 Å². The molecule has 9 heteroatoms. The molecule has 9 nitrogen and oxygen atoms in total. The number of ether oxygens (including phenoxy) is 2. The van der Waals surface area contributed by atoms with Gasteiger partial charge in [0.05, 0.1) is 24.6 Å².